The molecule has 0 bridgehead atoms. The van der Waals surface area contributed by atoms with Gasteiger partial charge in [-0.1, -0.05) is 6.07 Å². The Hall–Kier alpha value is -3.23. The third kappa shape index (κ3) is 3.98. The Morgan fingerprint density at radius 1 is 1.21 bits per heavy atom. The molecule has 1 atom stereocenters. The lowest BCUT2D eigenvalue weighted by Gasteiger charge is -2.28. The molecule has 0 aliphatic carbocycles. The summed E-state index contributed by atoms with van der Waals surface area (Å²) >= 11 is 0. The number of benzene rings is 1. The van der Waals surface area contributed by atoms with Crippen LogP contribution in [-0.2, 0) is 19.1 Å². The number of nitrogens with zero attached hydrogens (tertiary/aromatic N) is 2. The highest BCUT2D eigenvalue weighted by atomic mass is 16.6. The summed E-state index contributed by atoms with van der Waals surface area (Å²) in [6.07, 6.45) is 0.133. The molecule has 1 saturated heterocycles. The van der Waals surface area contributed by atoms with Crippen molar-refractivity contribution in [3.8, 4) is 0 Å². The normalized spacial score (nSPS) is 19.2. The van der Waals surface area contributed by atoms with E-state index in [-0.39, 0.29) is 30.5 Å². The van der Waals surface area contributed by atoms with Crippen molar-refractivity contribution >= 4 is 35.3 Å². The molecule has 1 unspecified atom stereocenters. The SMILES string of the molecule is CN(CC(=O)OC(C)(C)C)c1cccc2c1C(=O)N(C1CCC(=O)NC1=O)C2=O. The smallest absolute Gasteiger partial charge is 0.326 e. The number of likely N-dealkylation sites (N-methyl/N-ethyl adjacent to an activating group) is 1. The molecule has 0 radical (unpaired) electrons. The molecule has 1 N–H and O–H groups in total. The number of imide groups is 2. The Balaban J connectivity index is 1.87. The zero-order valence-corrected chi connectivity index (χ0v) is 16.8. The quantitative estimate of drug-likeness (QED) is 0.588. The van der Waals surface area contributed by atoms with Crippen molar-refractivity contribution in [1.29, 1.82) is 0 Å². The van der Waals surface area contributed by atoms with Crippen LogP contribution >= 0.6 is 0 Å². The van der Waals surface area contributed by atoms with Gasteiger partial charge in [-0.25, -0.2) is 0 Å². The summed E-state index contributed by atoms with van der Waals surface area (Å²) in [7, 11) is 1.62. The number of esters is 1. The average molecular weight is 401 g/mol. The Morgan fingerprint density at radius 2 is 1.90 bits per heavy atom. The molecule has 4 amide bonds. The summed E-state index contributed by atoms with van der Waals surface area (Å²) < 4.78 is 5.31. The van der Waals surface area contributed by atoms with Gasteiger partial charge in [0.05, 0.1) is 16.8 Å². The van der Waals surface area contributed by atoms with Crippen molar-refractivity contribution < 1.29 is 28.7 Å². The molecule has 2 heterocycles. The summed E-state index contributed by atoms with van der Waals surface area (Å²) in [4.78, 5) is 64.1. The van der Waals surface area contributed by atoms with Crippen LogP contribution in [0.2, 0.25) is 0 Å². The number of carbonyl (C=O) groups is 5. The number of nitrogens with one attached hydrogen (secondary N) is 1. The predicted molar refractivity (Wildman–Crippen MR) is 102 cm³/mol. The van der Waals surface area contributed by atoms with Crippen LogP contribution in [0.3, 0.4) is 0 Å². The molecule has 0 saturated carbocycles. The Morgan fingerprint density at radius 3 is 2.52 bits per heavy atom. The van der Waals surface area contributed by atoms with Gasteiger partial charge in [0.2, 0.25) is 11.8 Å². The van der Waals surface area contributed by atoms with Gasteiger partial charge in [0.1, 0.15) is 18.2 Å². The lowest BCUT2D eigenvalue weighted by Crippen LogP contribution is -2.54. The van der Waals surface area contributed by atoms with E-state index in [1.807, 2.05) is 0 Å². The van der Waals surface area contributed by atoms with E-state index in [1.54, 1.807) is 40.0 Å². The molecule has 9 heteroatoms. The summed E-state index contributed by atoms with van der Waals surface area (Å²) in [5, 5.41) is 2.16. The molecule has 1 aromatic rings. The van der Waals surface area contributed by atoms with E-state index in [4.69, 9.17) is 4.74 Å². The second-order valence-electron chi connectivity index (χ2n) is 8.09. The number of ether oxygens (including phenoxy) is 1. The van der Waals surface area contributed by atoms with Gasteiger partial charge in [-0.15, -0.1) is 0 Å². The Labute approximate surface area is 168 Å². The molecule has 0 spiro atoms. The van der Waals surface area contributed by atoms with E-state index < -0.39 is 41.2 Å². The molecule has 29 heavy (non-hydrogen) atoms. The monoisotopic (exact) mass is 401 g/mol. The molecule has 1 aromatic carbocycles. The van der Waals surface area contributed by atoms with E-state index in [0.717, 1.165) is 4.90 Å². The first-order chi connectivity index (χ1) is 13.5. The van der Waals surface area contributed by atoms with Crippen molar-refractivity contribution in [3.63, 3.8) is 0 Å². The highest BCUT2D eigenvalue weighted by Crippen LogP contribution is 2.33. The molecule has 9 nitrogen and oxygen atoms in total. The zero-order valence-electron chi connectivity index (χ0n) is 16.8. The minimum atomic E-state index is -1.04. The minimum absolute atomic E-state index is 0.0508. The van der Waals surface area contributed by atoms with Crippen LogP contribution in [0.15, 0.2) is 18.2 Å². The number of piperidine rings is 1. The van der Waals surface area contributed by atoms with Crippen LogP contribution in [0.5, 0.6) is 0 Å². The van der Waals surface area contributed by atoms with Gasteiger partial charge < -0.3 is 9.64 Å². The topological polar surface area (TPSA) is 113 Å². The highest BCUT2D eigenvalue weighted by molar-refractivity contribution is 6.25. The number of hydrogen-bond donors (Lipinski definition) is 1. The van der Waals surface area contributed by atoms with Crippen LogP contribution < -0.4 is 10.2 Å². The van der Waals surface area contributed by atoms with Crippen LogP contribution in [0.25, 0.3) is 0 Å². The first kappa shape index (κ1) is 20.5. The van der Waals surface area contributed by atoms with Crippen molar-refractivity contribution in [3.05, 3.63) is 29.3 Å². The van der Waals surface area contributed by atoms with Gasteiger partial charge in [-0.2, -0.15) is 0 Å². The third-order valence-corrected chi connectivity index (χ3v) is 4.64. The number of rotatable bonds is 4. The number of amides is 4. The third-order valence-electron chi connectivity index (χ3n) is 4.64. The van der Waals surface area contributed by atoms with Crippen LogP contribution in [-0.4, -0.2) is 59.7 Å². The van der Waals surface area contributed by atoms with Gasteiger partial charge in [0.25, 0.3) is 11.8 Å². The standard InChI is InChI=1S/C20H23N3O6/c1-20(2,3)29-15(25)10-22(4)12-7-5-6-11-16(12)19(28)23(18(11)27)13-8-9-14(24)21-17(13)26/h5-7,13H,8-10H2,1-4H3,(H,21,24,26). The summed E-state index contributed by atoms with van der Waals surface area (Å²) in [5.41, 5.74) is 0.0354. The maximum absolute atomic E-state index is 13.1. The fourth-order valence-electron chi connectivity index (χ4n) is 3.47. The molecule has 1 fully saturated rings. The van der Waals surface area contributed by atoms with E-state index in [0.29, 0.717) is 5.69 Å². The molecule has 0 aromatic heterocycles. The predicted octanol–water partition coefficient (Wildman–Crippen LogP) is 0.866. The van der Waals surface area contributed by atoms with E-state index >= 15 is 0 Å². The fourth-order valence-corrected chi connectivity index (χ4v) is 3.47. The van der Waals surface area contributed by atoms with E-state index in [2.05, 4.69) is 5.32 Å². The first-order valence-corrected chi connectivity index (χ1v) is 9.27. The minimum Gasteiger partial charge on any atom is -0.459 e. The summed E-state index contributed by atoms with van der Waals surface area (Å²) in [6.45, 7) is 5.15. The van der Waals surface area contributed by atoms with Crippen LogP contribution in [0.1, 0.15) is 54.3 Å². The second-order valence-corrected chi connectivity index (χ2v) is 8.09. The maximum atomic E-state index is 13.1. The first-order valence-electron chi connectivity index (χ1n) is 9.27. The van der Waals surface area contributed by atoms with Gasteiger partial charge in [-0.3, -0.25) is 34.2 Å². The largest absolute Gasteiger partial charge is 0.459 e. The van der Waals surface area contributed by atoms with Gasteiger partial charge in [0, 0.05) is 13.5 Å². The van der Waals surface area contributed by atoms with Crippen LogP contribution in [0, 0.1) is 0 Å². The highest BCUT2D eigenvalue weighted by Gasteiger charge is 2.46. The summed E-state index contributed by atoms with van der Waals surface area (Å²) in [5.74, 6) is -2.78. The van der Waals surface area contributed by atoms with Gasteiger partial charge >= 0.3 is 5.97 Å². The van der Waals surface area contributed by atoms with E-state index in [1.165, 1.54) is 11.0 Å². The lowest BCUT2D eigenvalue weighted by molar-refractivity contribution is -0.153. The van der Waals surface area contributed by atoms with Crippen molar-refractivity contribution in [2.75, 3.05) is 18.5 Å². The number of fused-ring (bicyclic) bond motifs is 1. The van der Waals surface area contributed by atoms with Crippen molar-refractivity contribution in [2.45, 2.75) is 45.3 Å². The number of anilines is 1. The van der Waals surface area contributed by atoms with Crippen molar-refractivity contribution in [2.24, 2.45) is 0 Å². The van der Waals surface area contributed by atoms with Gasteiger partial charge in [-0.05, 0) is 39.3 Å². The molecule has 2 aliphatic rings. The fraction of sp³-hybridized carbons (Fsp3) is 0.450. The zero-order chi connectivity index (χ0) is 21.5. The number of hydrogen-bond acceptors (Lipinski definition) is 7. The molecule has 2 aliphatic heterocycles. The van der Waals surface area contributed by atoms with Crippen molar-refractivity contribution in [1.82, 2.24) is 10.2 Å². The van der Waals surface area contributed by atoms with Crippen LogP contribution in [0.4, 0.5) is 5.69 Å². The van der Waals surface area contributed by atoms with E-state index in [9.17, 15) is 24.0 Å². The average Bonchev–Trinajstić information content (AvgIpc) is 2.85. The Bertz CT molecular complexity index is 917. The second kappa shape index (κ2) is 7.31. The lowest BCUT2D eigenvalue weighted by atomic mass is 10.0. The molecular formula is C20H23N3O6. The molecule has 3 rings (SSSR count). The number of carbonyl (C=O) groups excluding carboxylic acids is 5. The molecule has 154 valence electrons. The molecular weight excluding hydrogens is 378 g/mol. The summed E-state index contributed by atoms with van der Waals surface area (Å²) in [6, 6.07) is 3.71. The van der Waals surface area contributed by atoms with Gasteiger partial charge in [0.15, 0.2) is 0 Å². The Kier molecular flexibility index (Phi) is 5.16. The maximum Gasteiger partial charge on any atom is 0.326 e.